The molecule has 0 aromatic carbocycles. The molecule has 0 saturated carbocycles. The quantitative estimate of drug-likeness (QED) is 0.796. The van der Waals surface area contributed by atoms with Gasteiger partial charge in [0.05, 0.1) is 10.6 Å². The molecule has 0 fully saturated rings. The highest BCUT2D eigenvalue weighted by Gasteiger charge is 2.09. The second-order valence-corrected chi connectivity index (χ2v) is 6.35. The van der Waals surface area contributed by atoms with E-state index in [-0.39, 0.29) is 18.3 Å². The van der Waals surface area contributed by atoms with Gasteiger partial charge in [0.15, 0.2) is 5.13 Å². The van der Waals surface area contributed by atoms with Gasteiger partial charge < -0.3 is 10.6 Å². The van der Waals surface area contributed by atoms with E-state index in [2.05, 4.69) is 34.7 Å². The molecule has 1 amide bonds. The van der Waals surface area contributed by atoms with Gasteiger partial charge in [0.1, 0.15) is 0 Å². The Morgan fingerprint density at radius 1 is 1.40 bits per heavy atom. The summed E-state index contributed by atoms with van der Waals surface area (Å²) in [5, 5.41) is 8.52. The molecular weight excluding hydrogens is 314 g/mol. The van der Waals surface area contributed by atoms with Crippen LogP contribution in [0.4, 0.5) is 5.13 Å². The van der Waals surface area contributed by atoms with E-state index in [9.17, 15) is 4.79 Å². The van der Waals surface area contributed by atoms with Gasteiger partial charge in [-0.1, -0.05) is 0 Å². The first kappa shape index (κ1) is 17.1. The van der Waals surface area contributed by atoms with Crippen LogP contribution in [0.15, 0.2) is 17.5 Å². The SMILES string of the molecule is CNCCCC(=O)Nc1nc(-c2ccc(C)s2)cs1.Cl. The maximum Gasteiger partial charge on any atom is 0.226 e. The van der Waals surface area contributed by atoms with Crippen molar-refractivity contribution < 1.29 is 4.79 Å². The van der Waals surface area contributed by atoms with Gasteiger partial charge in [-0.05, 0) is 39.1 Å². The fraction of sp³-hybridized carbons (Fsp3) is 0.385. The highest BCUT2D eigenvalue weighted by molar-refractivity contribution is 7.17. The number of hydrogen-bond acceptors (Lipinski definition) is 5. The molecule has 0 aliphatic carbocycles. The van der Waals surface area contributed by atoms with E-state index in [0.29, 0.717) is 11.6 Å². The molecule has 0 spiro atoms. The average Bonchev–Trinajstić information content (AvgIpc) is 2.98. The molecule has 0 atom stereocenters. The first-order valence-electron chi connectivity index (χ1n) is 6.16. The van der Waals surface area contributed by atoms with Crippen LogP contribution in [0.5, 0.6) is 0 Å². The number of nitrogens with zero attached hydrogens (tertiary/aromatic N) is 1. The van der Waals surface area contributed by atoms with Crippen molar-refractivity contribution in [2.45, 2.75) is 19.8 Å². The summed E-state index contributed by atoms with van der Waals surface area (Å²) in [6.07, 6.45) is 1.36. The molecule has 0 aliphatic heterocycles. The van der Waals surface area contributed by atoms with E-state index in [1.54, 1.807) is 11.3 Å². The maximum absolute atomic E-state index is 11.7. The Balaban J connectivity index is 0.00000200. The highest BCUT2D eigenvalue weighted by Crippen LogP contribution is 2.30. The third kappa shape index (κ3) is 4.86. The van der Waals surface area contributed by atoms with Crippen LogP contribution >= 0.6 is 35.1 Å². The van der Waals surface area contributed by atoms with E-state index in [4.69, 9.17) is 0 Å². The lowest BCUT2D eigenvalue weighted by molar-refractivity contribution is -0.116. The van der Waals surface area contributed by atoms with Crippen LogP contribution in [-0.4, -0.2) is 24.5 Å². The van der Waals surface area contributed by atoms with Crippen LogP contribution in [0.25, 0.3) is 10.6 Å². The van der Waals surface area contributed by atoms with Gasteiger partial charge in [0.25, 0.3) is 0 Å². The smallest absolute Gasteiger partial charge is 0.226 e. The number of halogens is 1. The summed E-state index contributed by atoms with van der Waals surface area (Å²) < 4.78 is 0. The fourth-order valence-corrected chi connectivity index (χ4v) is 3.25. The minimum atomic E-state index is 0. The molecule has 2 N–H and O–H groups in total. The third-order valence-corrected chi connectivity index (χ3v) is 4.35. The molecule has 2 aromatic rings. The number of amides is 1. The van der Waals surface area contributed by atoms with Crippen molar-refractivity contribution >= 4 is 46.1 Å². The van der Waals surface area contributed by atoms with Crippen LogP contribution < -0.4 is 10.6 Å². The Bertz CT molecular complexity index is 553. The Hall–Kier alpha value is -0.950. The van der Waals surface area contributed by atoms with Crippen LogP contribution in [0.3, 0.4) is 0 Å². The molecule has 7 heteroatoms. The molecule has 4 nitrogen and oxygen atoms in total. The lowest BCUT2D eigenvalue weighted by Crippen LogP contribution is -2.15. The molecule has 2 heterocycles. The standard InChI is InChI=1S/C13H17N3OS2.ClH/c1-9-5-6-11(19-9)10-8-18-13(15-10)16-12(17)4-3-7-14-2;/h5-6,8,14H,3-4,7H2,1-2H3,(H,15,16,17);1H. The zero-order chi connectivity index (χ0) is 13.7. The summed E-state index contributed by atoms with van der Waals surface area (Å²) in [6, 6.07) is 4.14. The highest BCUT2D eigenvalue weighted by atomic mass is 35.5. The van der Waals surface area contributed by atoms with Gasteiger partial charge in [-0.15, -0.1) is 35.1 Å². The van der Waals surface area contributed by atoms with E-state index in [0.717, 1.165) is 23.5 Å². The predicted molar refractivity (Wildman–Crippen MR) is 89.2 cm³/mol. The molecule has 0 aliphatic rings. The zero-order valence-electron chi connectivity index (χ0n) is 11.4. The van der Waals surface area contributed by atoms with Crippen molar-refractivity contribution in [3.05, 3.63) is 22.4 Å². The minimum Gasteiger partial charge on any atom is -0.320 e. The fourth-order valence-electron chi connectivity index (χ4n) is 1.62. The summed E-state index contributed by atoms with van der Waals surface area (Å²) in [7, 11) is 1.88. The number of aromatic nitrogens is 1. The Morgan fingerprint density at radius 3 is 2.85 bits per heavy atom. The lowest BCUT2D eigenvalue weighted by atomic mass is 10.3. The number of carbonyl (C=O) groups is 1. The summed E-state index contributed by atoms with van der Waals surface area (Å²) >= 11 is 3.18. The summed E-state index contributed by atoms with van der Waals surface area (Å²) in [5.41, 5.74) is 0.939. The van der Waals surface area contributed by atoms with Crippen LogP contribution in [0.1, 0.15) is 17.7 Å². The maximum atomic E-state index is 11.7. The van der Waals surface area contributed by atoms with E-state index >= 15 is 0 Å². The van der Waals surface area contributed by atoms with Crippen LogP contribution in [0, 0.1) is 6.92 Å². The number of anilines is 1. The molecule has 2 rings (SSSR count). The number of thiophene rings is 1. The summed E-state index contributed by atoms with van der Waals surface area (Å²) in [6.45, 7) is 2.93. The molecule has 110 valence electrons. The molecule has 0 saturated heterocycles. The number of thiazole rings is 1. The molecule has 0 radical (unpaired) electrons. The zero-order valence-corrected chi connectivity index (χ0v) is 13.9. The second kappa shape index (κ2) is 8.36. The Kier molecular flexibility index (Phi) is 7.15. The van der Waals surface area contributed by atoms with Gasteiger partial charge in [0.2, 0.25) is 5.91 Å². The molecule has 0 bridgehead atoms. The number of rotatable bonds is 6. The van der Waals surface area contributed by atoms with Crippen molar-refractivity contribution in [3.8, 4) is 10.6 Å². The first-order valence-corrected chi connectivity index (χ1v) is 7.85. The Morgan fingerprint density at radius 2 is 2.20 bits per heavy atom. The molecular formula is C13H18ClN3OS2. The van der Waals surface area contributed by atoms with Crippen molar-refractivity contribution in [2.24, 2.45) is 0 Å². The van der Waals surface area contributed by atoms with Crippen LogP contribution in [0.2, 0.25) is 0 Å². The van der Waals surface area contributed by atoms with Gasteiger partial charge in [0, 0.05) is 16.7 Å². The van der Waals surface area contributed by atoms with Gasteiger partial charge >= 0.3 is 0 Å². The van der Waals surface area contributed by atoms with Crippen molar-refractivity contribution in [1.82, 2.24) is 10.3 Å². The lowest BCUT2D eigenvalue weighted by Gasteiger charge is -2.00. The van der Waals surface area contributed by atoms with E-state index in [1.165, 1.54) is 16.2 Å². The van der Waals surface area contributed by atoms with Gasteiger partial charge in [-0.3, -0.25) is 4.79 Å². The van der Waals surface area contributed by atoms with Crippen molar-refractivity contribution in [3.63, 3.8) is 0 Å². The molecule has 0 unspecified atom stereocenters. The van der Waals surface area contributed by atoms with Gasteiger partial charge in [-0.2, -0.15) is 0 Å². The minimum absolute atomic E-state index is 0. The number of carbonyl (C=O) groups excluding carboxylic acids is 1. The summed E-state index contributed by atoms with van der Waals surface area (Å²) in [4.78, 5) is 18.5. The monoisotopic (exact) mass is 331 g/mol. The van der Waals surface area contributed by atoms with Crippen LogP contribution in [-0.2, 0) is 4.79 Å². The Labute approximate surface area is 133 Å². The predicted octanol–water partition coefficient (Wildman–Crippen LogP) is 3.54. The van der Waals surface area contributed by atoms with Gasteiger partial charge in [-0.25, -0.2) is 4.98 Å². The average molecular weight is 332 g/mol. The topological polar surface area (TPSA) is 54.0 Å². The molecule has 2 aromatic heterocycles. The number of aryl methyl sites for hydroxylation is 1. The number of nitrogens with one attached hydrogen (secondary N) is 2. The first-order chi connectivity index (χ1) is 9.19. The second-order valence-electron chi connectivity index (χ2n) is 4.20. The summed E-state index contributed by atoms with van der Waals surface area (Å²) in [5.74, 6) is 0.0264. The molecule has 20 heavy (non-hydrogen) atoms. The van der Waals surface area contributed by atoms with Crippen molar-refractivity contribution in [1.29, 1.82) is 0 Å². The van der Waals surface area contributed by atoms with E-state index in [1.807, 2.05) is 12.4 Å². The normalized spacial score (nSPS) is 10.1. The van der Waals surface area contributed by atoms with Crippen molar-refractivity contribution in [2.75, 3.05) is 18.9 Å². The largest absolute Gasteiger partial charge is 0.320 e. The van der Waals surface area contributed by atoms with E-state index < -0.39 is 0 Å². The number of hydrogen-bond donors (Lipinski definition) is 2. The third-order valence-electron chi connectivity index (χ3n) is 2.57.